The maximum atomic E-state index is 14.4. The van der Waals surface area contributed by atoms with E-state index in [9.17, 15) is 18.2 Å². The number of benzene rings is 3. The van der Waals surface area contributed by atoms with E-state index >= 15 is 0 Å². The first-order chi connectivity index (χ1) is 27.4. The predicted molar refractivity (Wildman–Crippen MR) is 223 cm³/mol. The fraction of sp³-hybridized carbons (Fsp3) is 0.465. The van der Waals surface area contributed by atoms with Crippen LogP contribution in [0.15, 0.2) is 71.3 Å². The summed E-state index contributed by atoms with van der Waals surface area (Å²) in [5.41, 5.74) is 6.02. The Morgan fingerprint density at radius 2 is 1.62 bits per heavy atom. The summed E-state index contributed by atoms with van der Waals surface area (Å²) < 4.78 is 36.6. The largest absolute Gasteiger partial charge is 1.00 e. The van der Waals surface area contributed by atoms with E-state index < -0.39 is 7.27 Å². The molecule has 0 bridgehead atoms. The van der Waals surface area contributed by atoms with E-state index in [1.807, 2.05) is 40.3 Å². The molecule has 11 nitrogen and oxygen atoms in total. The van der Waals surface area contributed by atoms with Crippen LogP contribution in [-0.2, 0) is 17.8 Å². The number of anilines is 1. The second-order valence-electron chi connectivity index (χ2n) is 15.5. The molecule has 0 atom stereocenters. The van der Waals surface area contributed by atoms with E-state index in [-0.39, 0.29) is 27.4 Å². The highest BCUT2D eigenvalue weighted by Crippen LogP contribution is 2.42. The van der Waals surface area contributed by atoms with Crippen molar-refractivity contribution in [3.8, 4) is 22.5 Å². The second kappa shape index (κ2) is 19.5. The van der Waals surface area contributed by atoms with E-state index in [1.165, 1.54) is 0 Å². The maximum absolute atomic E-state index is 14.4. The lowest BCUT2D eigenvalue weighted by atomic mass is 9.90. The van der Waals surface area contributed by atoms with Crippen molar-refractivity contribution in [1.82, 2.24) is 29.4 Å². The Labute approximate surface area is 340 Å². The first kappa shape index (κ1) is 43.9. The Bertz CT molecular complexity index is 2210. The van der Waals surface area contributed by atoms with Crippen LogP contribution >= 0.6 is 0 Å². The van der Waals surface area contributed by atoms with Crippen LogP contribution in [0, 0.1) is 0 Å². The zero-order valence-electron chi connectivity index (χ0n) is 34.8. The smallest absolute Gasteiger partial charge is 0.592 e. The molecule has 0 spiro atoms. The lowest BCUT2D eigenvalue weighted by Gasteiger charge is -2.35. The first-order valence-corrected chi connectivity index (χ1v) is 20.4. The first-order valence-electron chi connectivity index (χ1n) is 20.4. The highest BCUT2D eigenvalue weighted by atomic mass is 19.2. The molecule has 3 aromatic rings. The number of hydrogen-bond acceptors (Lipinski definition) is 6. The second-order valence-corrected chi connectivity index (χ2v) is 15.5. The third-order valence-corrected chi connectivity index (χ3v) is 11.3. The number of nitrogens with zero attached hydrogens (tertiary/aromatic N) is 8. The number of piperazine rings is 1. The zero-order valence-corrected chi connectivity index (χ0v) is 34.8. The van der Waals surface area contributed by atoms with E-state index in [1.54, 1.807) is 18.8 Å². The molecule has 2 aliphatic heterocycles. The van der Waals surface area contributed by atoms with Gasteiger partial charge in [-0.1, -0.05) is 23.4 Å². The Hall–Kier alpha value is -5.18. The summed E-state index contributed by atoms with van der Waals surface area (Å²) in [5, 5.41) is 10.4. The van der Waals surface area contributed by atoms with Crippen molar-refractivity contribution in [2.24, 2.45) is 0 Å². The van der Waals surface area contributed by atoms with Gasteiger partial charge in [0.1, 0.15) is 30.9 Å². The minimum Gasteiger partial charge on any atom is -1.00 e. The van der Waals surface area contributed by atoms with Gasteiger partial charge in [-0.3, -0.25) is 18.2 Å². The van der Waals surface area contributed by atoms with E-state index in [0.29, 0.717) is 64.1 Å². The number of hydrogen-bond donors (Lipinski definition) is 0. The van der Waals surface area contributed by atoms with Crippen molar-refractivity contribution < 1.29 is 31.8 Å². The van der Waals surface area contributed by atoms with Crippen molar-refractivity contribution in [2.75, 3.05) is 84.3 Å². The number of fused-ring (bicyclic) bond motifs is 2. The van der Waals surface area contributed by atoms with Crippen LogP contribution in [0.3, 0.4) is 0 Å². The van der Waals surface area contributed by atoms with Crippen molar-refractivity contribution >= 4 is 35.7 Å². The van der Waals surface area contributed by atoms with Crippen LogP contribution in [0.5, 0.6) is 0 Å². The molecule has 3 heterocycles. The molecule has 1 fully saturated rings. The van der Waals surface area contributed by atoms with Gasteiger partial charge in [-0.25, -0.2) is 9.26 Å². The Balaban J connectivity index is 0.00000641. The van der Waals surface area contributed by atoms with Gasteiger partial charge in [-0.2, -0.15) is 0 Å². The van der Waals surface area contributed by atoms with Gasteiger partial charge < -0.3 is 28.3 Å². The highest BCUT2D eigenvalue weighted by molar-refractivity contribution is 6.42. The van der Waals surface area contributed by atoms with Crippen molar-refractivity contribution in [1.29, 1.82) is 0 Å². The molecule has 1 aromatic heterocycles. The fourth-order valence-corrected chi connectivity index (χ4v) is 7.92. The van der Waals surface area contributed by atoms with Crippen LogP contribution in [0.2, 0.25) is 0 Å². The maximum Gasteiger partial charge on any atom is 0.592 e. The molecule has 0 unspecified atom stereocenters. The molecule has 0 saturated carbocycles. The number of likely N-dealkylation sites (N-methyl/N-ethyl adjacent to an activating group) is 1. The van der Waals surface area contributed by atoms with Gasteiger partial charge in [-0.15, -0.1) is 5.10 Å². The van der Waals surface area contributed by atoms with Gasteiger partial charge >= 0.3 is 7.27 Å². The molecule has 1 aliphatic carbocycles. The Kier molecular flexibility index (Phi) is 14.8. The number of halogens is 3. The van der Waals surface area contributed by atoms with Gasteiger partial charge in [0, 0.05) is 91.8 Å². The summed E-state index contributed by atoms with van der Waals surface area (Å²) in [4.78, 5) is 33.6. The summed E-state index contributed by atoms with van der Waals surface area (Å²) in [6.07, 6.45) is 3.20. The number of rotatable bonds is 16. The summed E-state index contributed by atoms with van der Waals surface area (Å²) >= 11 is 0. The van der Waals surface area contributed by atoms with Crippen LogP contribution < -0.4 is 19.5 Å². The van der Waals surface area contributed by atoms with Gasteiger partial charge in [0.2, 0.25) is 11.3 Å². The van der Waals surface area contributed by atoms with Crippen LogP contribution in [0.4, 0.5) is 14.3 Å². The van der Waals surface area contributed by atoms with Gasteiger partial charge in [-0.05, 0) is 70.4 Å². The predicted octanol–water partition coefficient (Wildman–Crippen LogP) is 2.81. The molecule has 0 N–H and O–H groups in total. The molecular weight excluding hydrogens is 744 g/mol. The third kappa shape index (κ3) is 10.1. The molecule has 2 amide bonds. The summed E-state index contributed by atoms with van der Waals surface area (Å²) in [5.74, 6) is 0.766. The molecule has 15 heteroatoms. The average Bonchev–Trinajstić information content (AvgIpc) is 3.67. The Morgan fingerprint density at radius 3 is 2.31 bits per heavy atom. The fourth-order valence-electron chi connectivity index (χ4n) is 7.92. The molecule has 58 heavy (non-hydrogen) atoms. The van der Waals surface area contributed by atoms with Gasteiger partial charge in [0.15, 0.2) is 0 Å². The standard InChI is InChI=1S/C43H57BF2N8O3.FH/c1-7-49(8-2)33-18-20-37-39(28-33)57-40-29-34(50(9-3)10-4)19-21-38(40)42(37)35-15-11-12-16-36(35)43(56)52-24-22-51(23-25-52)41(55)17-13-14-32-30-53(48-47-32)26-27-54(5,6)31-44(45)46;/h11-12,15-16,18-21,28-30H,7-10,13-14,17,22-27,31H2,1-6H3;1H/q+2;/p-1. The van der Waals surface area contributed by atoms with Crippen molar-refractivity contribution in [3.63, 3.8) is 0 Å². The summed E-state index contributed by atoms with van der Waals surface area (Å²) in [7, 11) is 1.20. The highest BCUT2D eigenvalue weighted by Gasteiger charge is 2.29. The van der Waals surface area contributed by atoms with E-state index in [4.69, 9.17) is 4.42 Å². The van der Waals surface area contributed by atoms with Crippen molar-refractivity contribution in [2.45, 2.75) is 53.5 Å². The SMILES string of the molecule is CCN(CC)c1ccc2c(-c3ccccc3C(=O)N3CCN(C(=O)CCCc4cn(CC[N+](C)(C)CB(F)F)nn4)CC3)c3ccc(=[N+](CC)CC)cc-3oc2c1.[F-]. The third-order valence-electron chi connectivity index (χ3n) is 11.3. The molecule has 6 rings (SSSR count). The number of aromatic nitrogens is 3. The van der Waals surface area contributed by atoms with Crippen molar-refractivity contribution in [3.05, 3.63) is 83.5 Å². The molecule has 2 aromatic carbocycles. The molecule has 3 aliphatic rings. The number of carbonyl (C=O) groups excluding carboxylic acids is 2. The quantitative estimate of drug-likeness (QED) is 0.0661. The minimum absolute atomic E-state index is 0. The zero-order chi connectivity index (χ0) is 40.7. The normalized spacial score (nSPS) is 13.2. The van der Waals surface area contributed by atoms with Gasteiger partial charge in [0.25, 0.3) is 5.91 Å². The molecular formula is C43H57BF3N8O3+. The van der Waals surface area contributed by atoms with Crippen LogP contribution in [0.1, 0.15) is 56.6 Å². The van der Waals surface area contributed by atoms with Crippen LogP contribution in [-0.4, -0.2) is 128 Å². The number of aryl methyl sites for hydroxylation is 1. The Morgan fingerprint density at radius 1 is 0.914 bits per heavy atom. The van der Waals surface area contributed by atoms with Gasteiger partial charge in [0.05, 0.1) is 38.9 Å². The monoisotopic (exact) mass is 801 g/mol. The minimum atomic E-state index is -2.36. The lowest BCUT2D eigenvalue weighted by Crippen LogP contribution is -3.00. The van der Waals surface area contributed by atoms with E-state index in [2.05, 4.69) is 83.9 Å². The molecule has 1 saturated heterocycles. The van der Waals surface area contributed by atoms with Crippen LogP contribution in [0.25, 0.3) is 33.4 Å². The summed E-state index contributed by atoms with van der Waals surface area (Å²) in [6, 6.07) is 20.6. The lowest BCUT2D eigenvalue weighted by molar-refractivity contribution is -0.881. The average molecular weight is 802 g/mol. The summed E-state index contributed by atoms with van der Waals surface area (Å²) in [6.45, 7) is 14.9. The number of amides is 2. The topological polar surface area (TPSA) is 90.7 Å². The van der Waals surface area contributed by atoms with E-state index in [0.717, 1.165) is 76.3 Å². The molecule has 0 radical (unpaired) electrons. The number of carbonyl (C=O) groups is 2. The molecule has 310 valence electrons. The number of quaternary nitrogens is 1.